The molecule has 0 aliphatic heterocycles. The smallest absolute Gasteiger partial charge is 0.335 e. The summed E-state index contributed by atoms with van der Waals surface area (Å²) in [7, 11) is 0. The Kier molecular flexibility index (Phi) is 3.27. The van der Waals surface area contributed by atoms with E-state index in [4.69, 9.17) is 5.11 Å². The fourth-order valence-electron chi connectivity index (χ4n) is 1.27. The molecule has 0 saturated carbocycles. The first kappa shape index (κ1) is 11.3. The molecule has 0 spiro atoms. The minimum atomic E-state index is -0.929. The molecule has 1 N–H and O–H groups in total. The largest absolute Gasteiger partial charge is 0.478 e. The van der Waals surface area contributed by atoms with Crippen molar-refractivity contribution in [3.05, 3.63) is 28.4 Å². The second-order valence-electron chi connectivity index (χ2n) is 2.84. The number of benzene rings is 1. The number of hydrogen-bond acceptors (Lipinski definition) is 2. The maximum absolute atomic E-state index is 10.9. The van der Waals surface area contributed by atoms with Gasteiger partial charge in [-0.3, -0.25) is 0 Å². The van der Waals surface area contributed by atoms with Gasteiger partial charge in [0.15, 0.2) is 0 Å². The average Bonchev–Trinajstić information content (AvgIpc) is 2.60. The van der Waals surface area contributed by atoms with Gasteiger partial charge in [0, 0.05) is 9.86 Å². The number of carbonyl (C=O) groups is 1. The lowest BCUT2D eigenvalue weighted by Gasteiger charge is -2.00. The number of halogens is 2. The third-order valence-electron chi connectivity index (χ3n) is 1.97. The summed E-state index contributed by atoms with van der Waals surface area (Å²) < 4.78 is 2.55. The highest BCUT2D eigenvalue weighted by atomic mass is 127. The molecule has 1 atom stereocenters. The van der Waals surface area contributed by atoms with Gasteiger partial charge < -0.3 is 5.11 Å². The van der Waals surface area contributed by atoms with Crippen molar-refractivity contribution in [2.45, 2.75) is 0 Å². The van der Waals surface area contributed by atoms with Gasteiger partial charge in [0.05, 0.1) is 23.7 Å². The monoisotopic (exact) mass is 398 g/mol. The van der Waals surface area contributed by atoms with E-state index in [2.05, 4.69) is 43.1 Å². The summed E-state index contributed by atoms with van der Waals surface area (Å²) >= 11 is 5.55. The van der Waals surface area contributed by atoms with E-state index in [0.717, 1.165) is 15.4 Å². The molecule has 15 heavy (non-hydrogen) atoms. The van der Waals surface area contributed by atoms with Crippen LogP contribution in [0.4, 0.5) is 0 Å². The lowest BCUT2D eigenvalue weighted by atomic mass is 10.2. The Hall–Kier alpha value is -0.200. The van der Waals surface area contributed by atoms with E-state index in [1.807, 2.05) is 0 Å². The van der Waals surface area contributed by atoms with Gasteiger partial charge in [-0.2, -0.15) is 5.10 Å². The fraction of sp³-hybridized carbons (Fsp3) is 0. The number of aromatic nitrogens is 2. The summed E-state index contributed by atoms with van der Waals surface area (Å²) in [6.45, 7) is 0. The van der Waals surface area contributed by atoms with Crippen LogP contribution in [-0.4, -0.2) is 20.6 Å². The highest BCUT2D eigenvalue weighted by Crippen LogP contribution is 2.32. The Morgan fingerprint density at radius 1 is 1.60 bits per heavy atom. The van der Waals surface area contributed by atoms with Gasteiger partial charge in [-0.1, -0.05) is 15.9 Å². The third kappa shape index (κ3) is 2.03. The van der Waals surface area contributed by atoms with E-state index in [-0.39, 0.29) is 5.56 Å². The summed E-state index contributed by atoms with van der Waals surface area (Å²) in [6.07, 6.45) is 2.19. The first-order valence-electron chi connectivity index (χ1n) is 3.90. The highest BCUT2D eigenvalue weighted by molar-refractivity contribution is 14.2. The minimum Gasteiger partial charge on any atom is -0.478 e. The van der Waals surface area contributed by atoms with E-state index in [1.54, 1.807) is 22.8 Å². The minimum absolute atomic E-state index is 0.269. The quantitative estimate of drug-likeness (QED) is 0.623. The van der Waals surface area contributed by atoms with E-state index < -0.39 is 5.97 Å². The van der Waals surface area contributed by atoms with E-state index in [0.29, 0.717) is 6.37 Å². The number of hydrogen-bond donors (Lipinski definition) is 1. The molecule has 1 aromatic carbocycles. The lowest BCUT2D eigenvalue weighted by Crippen LogP contribution is -1.96. The molecular formula is C8H5BrIN2O2P. The zero-order chi connectivity index (χ0) is 11.0. The Labute approximate surface area is 108 Å². The molecule has 0 saturated heterocycles. The molecule has 1 heterocycles. The van der Waals surface area contributed by atoms with Gasteiger partial charge in [-0.25, -0.2) is 9.25 Å². The van der Waals surface area contributed by atoms with E-state index in [9.17, 15) is 4.79 Å². The van der Waals surface area contributed by atoms with Crippen molar-refractivity contribution in [1.82, 2.24) is 9.55 Å². The molecule has 0 bridgehead atoms. The van der Waals surface area contributed by atoms with E-state index in [1.165, 1.54) is 0 Å². The molecule has 0 fully saturated rings. The van der Waals surface area contributed by atoms with Crippen LogP contribution in [0.15, 0.2) is 22.8 Å². The van der Waals surface area contributed by atoms with Crippen molar-refractivity contribution < 1.29 is 9.90 Å². The summed E-state index contributed by atoms with van der Waals surface area (Å²) in [5.41, 5.74) is 1.11. The second-order valence-corrected chi connectivity index (χ2v) is 5.73. The molecule has 0 aliphatic carbocycles. The lowest BCUT2D eigenvalue weighted by molar-refractivity contribution is 0.0697. The van der Waals surface area contributed by atoms with Crippen LogP contribution in [0.3, 0.4) is 0 Å². The predicted molar refractivity (Wildman–Crippen MR) is 72.1 cm³/mol. The van der Waals surface area contributed by atoms with Crippen molar-refractivity contribution in [3.8, 4) is 0 Å². The van der Waals surface area contributed by atoms with Gasteiger partial charge in [-0.05, 0) is 34.2 Å². The number of aromatic carboxylic acids is 1. The van der Waals surface area contributed by atoms with Gasteiger partial charge in [0.1, 0.15) is 0 Å². The molecule has 2 aromatic rings. The van der Waals surface area contributed by atoms with Gasteiger partial charge in [-0.15, -0.1) is 0 Å². The second kappa shape index (κ2) is 4.35. The first-order chi connectivity index (χ1) is 7.13. The predicted octanol–water partition coefficient (Wildman–Crippen LogP) is 3.29. The highest BCUT2D eigenvalue weighted by Gasteiger charge is 2.11. The molecule has 0 aliphatic rings. The Morgan fingerprint density at radius 3 is 2.93 bits per heavy atom. The normalized spacial score (nSPS) is 11.6. The number of carboxylic acids is 1. The summed E-state index contributed by atoms with van der Waals surface area (Å²) in [4.78, 5) is 10.9. The topological polar surface area (TPSA) is 55.1 Å². The van der Waals surface area contributed by atoms with Crippen LogP contribution in [0.25, 0.3) is 10.9 Å². The fourth-order valence-corrected chi connectivity index (χ4v) is 3.36. The first-order valence-corrected chi connectivity index (χ1v) is 8.76. The van der Waals surface area contributed by atoms with Gasteiger partial charge in [0.2, 0.25) is 0 Å². The maximum Gasteiger partial charge on any atom is 0.335 e. The van der Waals surface area contributed by atoms with Crippen LogP contribution >= 0.6 is 44.3 Å². The number of fused-ring (bicyclic) bond motifs is 1. The molecule has 1 aromatic heterocycles. The molecule has 78 valence electrons. The van der Waals surface area contributed by atoms with Crippen LogP contribution in [0.2, 0.25) is 0 Å². The van der Waals surface area contributed by atoms with Crippen LogP contribution in [0.1, 0.15) is 10.4 Å². The molecule has 2 rings (SSSR count). The molecule has 7 heteroatoms. The molecule has 0 amide bonds. The van der Waals surface area contributed by atoms with Crippen LogP contribution in [-0.2, 0) is 0 Å². The van der Waals surface area contributed by atoms with Crippen molar-refractivity contribution >= 4 is 61.2 Å². The number of carboxylic acid groups (broad SMARTS) is 1. The van der Waals surface area contributed by atoms with Crippen molar-refractivity contribution in [2.24, 2.45) is 0 Å². The number of rotatable bonds is 2. The van der Waals surface area contributed by atoms with Crippen LogP contribution < -0.4 is 0 Å². The summed E-state index contributed by atoms with van der Waals surface area (Å²) in [5.74, 6) is -0.929. The summed E-state index contributed by atoms with van der Waals surface area (Å²) in [6, 6.07) is 3.23. The van der Waals surface area contributed by atoms with Gasteiger partial charge in [0.25, 0.3) is 0 Å². The SMILES string of the molecule is O=C(O)c1cc(Br)c2cnn(PI)c2c1. The van der Waals surface area contributed by atoms with Gasteiger partial charge >= 0.3 is 5.97 Å². The molecule has 0 radical (unpaired) electrons. The summed E-state index contributed by atoms with van der Waals surface area (Å²) in [5, 5.41) is 14.0. The molecule has 4 nitrogen and oxygen atoms in total. The van der Waals surface area contributed by atoms with Crippen LogP contribution in [0.5, 0.6) is 0 Å². The van der Waals surface area contributed by atoms with Crippen LogP contribution in [0, 0.1) is 0 Å². The van der Waals surface area contributed by atoms with Crippen molar-refractivity contribution in [3.63, 3.8) is 0 Å². The average molecular weight is 399 g/mol. The molecular weight excluding hydrogens is 394 g/mol. The zero-order valence-corrected chi connectivity index (χ0v) is 12.0. The standard InChI is InChI=1S/C8H5BrIN2O2P/c9-6-1-4(8(13)14)2-7-5(6)3-11-12(7)15-10/h1-3,15H,(H,13,14). The van der Waals surface area contributed by atoms with E-state index >= 15 is 0 Å². The third-order valence-corrected chi connectivity index (χ3v) is 4.51. The van der Waals surface area contributed by atoms with Crippen molar-refractivity contribution in [2.75, 3.05) is 0 Å². The Morgan fingerprint density at radius 2 is 2.33 bits per heavy atom. The Balaban J connectivity index is 2.77. The number of nitrogens with zero attached hydrogens (tertiary/aromatic N) is 2. The zero-order valence-electron chi connectivity index (χ0n) is 7.24. The molecule has 1 unspecified atom stereocenters. The maximum atomic E-state index is 10.9. The Bertz CT molecular complexity index is 543. The van der Waals surface area contributed by atoms with Crippen molar-refractivity contribution in [1.29, 1.82) is 0 Å².